The van der Waals surface area contributed by atoms with E-state index in [1.807, 2.05) is 0 Å². The number of hydrogen-bond acceptors (Lipinski definition) is 10. The summed E-state index contributed by atoms with van der Waals surface area (Å²) in [6.07, 6.45) is 0.776. The molecule has 0 radical (unpaired) electrons. The third-order valence-corrected chi connectivity index (χ3v) is 9.17. The summed E-state index contributed by atoms with van der Waals surface area (Å²) in [4.78, 5) is 31.7. The Morgan fingerprint density at radius 1 is 1.11 bits per heavy atom. The molecule has 2 aliphatic heterocycles. The maximum Gasteiger partial charge on any atom is 0.416 e. The predicted octanol–water partition coefficient (Wildman–Crippen LogP) is 5.00. The highest BCUT2D eigenvalue weighted by molar-refractivity contribution is 7.16. The van der Waals surface area contributed by atoms with E-state index in [0.29, 0.717) is 60.0 Å². The minimum absolute atomic E-state index is 0.110. The van der Waals surface area contributed by atoms with Gasteiger partial charge in [0.05, 0.1) is 30.1 Å². The molecule has 2 aliphatic rings. The summed E-state index contributed by atoms with van der Waals surface area (Å²) in [6.45, 7) is 8.59. The molecule has 2 fully saturated rings. The lowest BCUT2D eigenvalue weighted by atomic mass is 10.0. The van der Waals surface area contributed by atoms with Gasteiger partial charge in [0, 0.05) is 55.8 Å². The van der Waals surface area contributed by atoms with Crippen LogP contribution in [-0.4, -0.2) is 86.2 Å². The van der Waals surface area contributed by atoms with E-state index in [4.69, 9.17) is 5.11 Å². The summed E-state index contributed by atoms with van der Waals surface area (Å²) in [5.74, 6) is -0.151. The molecule has 238 valence electrons. The van der Waals surface area contributed by atoms with E-state index in [9.17, 15) is 23.1 Å². The van der Waals surface area contributed by atoms with Crippen LogP contribution in [0.3, 0.4) is 0 Å². The standard InChI is InChI=1S/C30H38F3N7O3S/c1-19-13-21(15-22(14-19)30(31,32)33)27-24(18-40-7-4-3-5-20(40)2)44-29(36-27)37-28(43)23-16-35-25(17-34-23)39-11-9-38(10-12-39)8-6-26(41)42/h13-17,20,28,43H,3-12,18H2,1-2H3,(H,36,37)(H,41,42)/t20-,28?/m1/s1. The van der Waals surface area contributed by atoms with Gasteiger partial charge in [0.2, 0.25) is 0 Å². The molecule has 1 unspecified atom stereocenters. The van der Waals surface area contributed by atoms with Gasteiger partial charge in [0.1, 0.15) is 11.5 Å². The van der Waals surface area contributed by atoms with Crippen molar-refractivity contribution in [1.29, 1.82) is 0 Å². The number of thiazole rings is 1. The molecule has 14 heteroatoms. The van der Waals surface area contributed by atoms with Crippen molar-refractivity contribution in [2.24, 2.45) is 0 Å². The Hall–Kier alpha value is -3.33. The molecule has 5 rings (SSSR count). The van der Waals surface area contributed by atoms with Crippen molar-refractivity contribution in [3.63, 3.8) is 0 Å². The number of aliphatic hydroxyl groups excluding tert-OH is 1. The quantitative estimate of drug-likeness (QED) is 0.263. The Labute approximate surface area is 258 Å². The molecule has 0 saturated carbocycles. The number of aliphatic carboxylic acids is 1. The van der Waals surface area contributed by atoms with Crippen molar-refractivity contribution in [3.05, 3.63) is 52.3 Å². The molecule has 0 bridgehead atoms. The van der Waals surface area contributed by atoms with Crippen molar-refractivity contribution in [2.45, 2.75) is 64.5 Å². The van der Waals surface area contributed by atoms with E-state index in [1.54, 1.807) is 19.2 Å². The zero-order chi connectivity index (χ0) is 31.4. The summed E-state index contributed by atoms with van der Waals surface area (Å²) >= 11 is 1.32. The first-order valence-electron chi connectivity index (χ1n) is 14.8. The Kier molecular flexibility index (Phi) is 10.0. The fourth-order valence-electron chi connectivity index (χ4n) is 5.69. The predicted molar refractivity (Wildman–Crippen MR) is 163 cm³/mol. The van der Waals surface area contributed by atoms with Crippen LogP contribution in [0.2, 0.25) is 0 Å². The highest BCUT2D eigenvalue weighted by atomic mass is 32.1. The van der Waals surface area contributed by atoms with E-state index < -0.39 is 23.9 Å². The van der Waals surface area contributed by atoms with Crippen LogP contribution in [0.4, 0.5) is 24.1 Å². The number of likely N-dealkylation sites (tertiary alicyclic amines) is 1. The molecular weight excluding hydrogens is 595 g/mol. The van der Waals surface area contributed by atoms with E-state index in [1.165, 1.54) is 17.5 Å². The molecule has 4 heterocycles. The third-order valence-electron chi connectivity index (χ3n) is 8.20. The number of alkyl halides is 3. The number of aromatic nitrogens is 3. The highest BCUT2D eigenvalue weighted by Gasteiger charge is 2.32. The van der Waals surface area contributed by atoms with E-state index in [0.717, 1.165) is 55.9 Å². The number of piperidine rings is 1. The second-order valence-corrected chi connectivity index (χ2v) is 12.6. The molecule has 0 aliphatic carbocycles. The highest BCUT2D eigenvalue weighted by Crippen LogP contribution is 2.38. The van der Waals surface area contributed by atoms with Gasteiger partial charge < -0.3 is 20.4 Å². The number of anilines is 2. The number of carboxylic acid groups (broad SMARTS) is 1. The normalized spacial score (nSPS) is 19.2. The first kappa shape index (κ1) is 32.1. The van der Waals surface area contributed by atoms with E-state index in [-0.39, 0.29) is 12.1 Å². The number of hydrogen-bond donors (Lipinski definition) is 3. The van der Waals surface area contributed by atoms with Gasteiger partial charge in [0.25, 0.3) is 0 Å². The van der Waals surface area contributed by atoms with Gasteiger partial charge in [-0.3, -0.25) is 19.6 Å². The Balaban J connectivity index is 1.31. The van der Waals surface area contributed by atoms with Crippen LogP contribution in [0.15, 0.2) is 30.6 Å². The molecule has 3 aromatic rings. The maximum absolute atomic E-state index is 13.7. The molecular formula is C30H38F3N7O3S. The van der Waals surface area contributed by atoms with Crippen LogP contribution in [-0.2, 0) is 17.5 Å². The SMILES string of the molecule is Cc1cc(-c2nc(NC(O)c3cnc(N4CCN(CCC(=O)O)CC4)cn3)sc2CN2CCCC[C@H]2C)cc(C(F)(F)F)c1. The number of halogens is 3. The molecule has 3 N–H and O–H groups in total. The van der Waals surface area contributed by atoms with Gasteiger partial charge >= 0.3 is 12.1 Å². The van der Waals surface area contributed by atoms with E-state index >= 15 is 0 Å². The molecule has 0 amide bonds. The third kappa shape index (κ3) is 8.03. The average molecular weight is 634 g/mol. The number of aliphatic hydroxyl groups is 1. The van der Waals surface area contributed by atoms with Crippen LogP contribution in [0.5, 0.6) is 0 Å². The van der Waals surface area contributed by atoms with Crippen LogP contribution in [0.25, 0.3) is 11.3 Å². The minimum atomic E-state index is -4.48. The smallest absolute Gasteiger partial charge is 0.416 e. The lowest BCUT2D eigenvalue weighted by Gasteiger charge is -2.35. The van der Waals surface area contributed by atoms with E-state index in [2.05, 4.69) is 41.9 Å². The average Bonchev–Trinajstić information content (AvgIpc) is 3.38. The molecule has 2 saturated heterocycles. The zero-order valence-corrected chi connectivity index (χ0v) is 25.7. The van der Waals surface area contributed by atoms with Crippen LogP contribution in [0.1, 0.15) is 60.5 Å². The Morgan fingerprint density at radius 3 is 2.55 bits per heavy atom. The summed E-state index contributed by atoms with van der Waals surface area (Å²) in [5.41, 5.74) is 0.923. The lowest BCUT2D eigenvalue weighted by Crippen LogP contribution is -2.47. The topological polar surface area (TPSA) is 118 Å². The first-order chi connectivity index (χ1) is 21.0. The summed E-state index contributed by atoms with van der Waals surface area (Å²) in [6, 6.07) is 4.34. The summed E-state index contributed by atoms with van der Waals surface area (Å²) in [5, 5.41) is 23.2. The molecule has 2 atom stereocenters. The number of nitrogens with one attached hydrogen (secondary N) is 1. The maximum atomic E-state index is 13.7. The largest absolute Gasteiger partial charge is 0.481 e. The molecule has 1 aromatic carbocycles. The second kappa shape index (κ2) is 13.8. The van der Waals surface area contributed by atoms with Gasteiger partial charge in [-0.15, -0.1) is 11.3 Å². The lowest BCUT2D eigenvalue weighted by molar-refractivity contribution is -0.138. The van der Waals surface area contributed by atoms with Gasteiger partial charge in [-0.05, 0) is 57.0 Å². The number of benzene rings is 1. The van der Waals surface area contributed by atoms with Gasteiger partial charge in [-0.2, -0.15) is 13.2 Å². The molecule has 2 aromatic heterocycles. The molecule has 0 spiro atoms. The number of piperazine rings is 1. The summed E-state index contributed by atoms with van der Waals surface area (Å²) in [7, 11) is 0. The fourth-order valence-corrected chi connectivity index (χ4v) is 6.72. The number of nitrogens with zero attached hydrogens (tertiary/aromatic N) is 6. The fraction of sp³-hybridized carbons (Fsp3) is 0.533. The van der Waals surface area contributed by atoms with Crippen molar-refractivity contribution >= 4 is 28.3 Å². The van der Waals surface area contributed by atoms with Gasteiger partial charge in [-0.1, -0.05) is 6.42 Å². The van der Waals surface area contributed by atoms with Crippen molar-refractivity contribution < 1.29 is 28.2 Å². The Morgan fingerprint density at radius 2 is 1.89 bits per heavy atom. The van der Waals surface area contributed by atoms with Crippen molar-refractivity contribution in [2.75, 3.05) is 49.5 Å². The summed E-state index contributed by atoms with van der Waals surface area (Å²) < 4.78 is 41.0. The second-order valence-electron chi connectivity index (χ2n) is 11.5. The van der Waals surface area contributed by atoms with Crippen LogP contribution < -0.4 is 10.2 Å². The minimum Gasteiger partial charge on any atom is -0.481 e. The number of aryl methyl sites for hydroxylation is 1. The molecule has 10 nitrogen and oxygen atoms in total. The first-order valence-corrected chi connectivity index (χ1v) is 15.7. The monoisotopic (exact) mass is 633 g/mol. The zero-order valence-electron chi connectivity index (χ0n) is 24.8. The molecule has 44 heavy (non-hydrogen) atoms. The number of rotatable bonds is 10. The van der Waals surface area contributed by atoms with Gasteiger partial charge in [-0.25, -0.2) is 9.97 Å². The number of carboxylic acids is 1. The van der Waals surface area contributed by atoms with Crippen LogP contribution in [0, 0.1) is 6.92 Å². The van der Waals surface area contributed by atoms with Crippen molar-refractivity contribution in [1.82, 2.24) is 24.8 Å². The number of carbonyl (C=O) groups is 1. The van der Waals surface area contributed by atoms with Gasteiger partial charge in [0.15, 0.2) is 11.4 Å². The Bertz CT molecular complexity index is 1430. The van der Waals surface area contributed by atoms with Crippen molar-refractivity contribution in [3.8, 4) is 11.3 Å². The van der Waals surface area contributed by atoms with Crippen LogP contribution >= 0.6 is 11.3 Å².